The summed E-state index contributed by atoms with van der Waals surface area (Å²) in [6, 6.07) is 7.01. The molecule has 3 atom stereocenters. The Morgan fingerprint density at radius 3 is 2.85 bits per heavy atom. The molecular formula is C14H16ClNO4. The van der Waals surface area contributed by atoms with Crippen LogP contribution in [0.25, 0.3) is 0 Å². The Bertz CT molecular complexity index is 508. The Kier molecular flexibility index (Phi) is 4.75. The zero-order valence-corrected chi connectivity index (χ0v) is 11.5. The third kappa shape index (κ3) is 3.00. The fourth-order valence-corrected chi connectivity index (χ4v) is 2.68. The first kappa shape index (κ1) is 15.0. The normalized spacial score (nSPS) is 21.6. The van der Waals surface area contributed by atoms with Crippen LogP contribution in [0.5, 0.6) is 0 Å². The van der Waals surface area contributed by atoms with Crippen LogP contribution in [0.2, 0.25) is 5.02 Å². The van der Waals surface area contributed by atoms with E-state index in [9.17, 15) is 19.8 Å². The molecular weight excluding hydrogens is 282 g/mol. The van der Waals surface area contributed by atoms with E-state index in [1.165, 1.54) is 4.90 Å². The Hall–Kier alpha value is -1.43. The van der Waals surface area contributed by atoms with Gasteiger partial charge in [-0.05, 0) is 30.5 Å². The van der Waals surface area contributed by atoms with E-state index >= 15 is 0 Å². The van der Waals surface area contributed by atoms with E-state index < -0.39 is 18.1 Å². The van der Waals surface area contributed by atoms with E-state index in [0.717, 1.165) is 18.4 Å². The van der Waals surface area contributed by atoms with Gasteiger partial charge >= 0.3 is 0 Å². The molecule has 0 bridgehead atoms. The van der Waals surface area contributed by atoms with Gasteiger partial charge in [-0.25, -0.2) is 0 Å². The Labute approximate surface area is 121 Å². The van der Waals surface area contributed by atoms with Crippen molar-refractivity contribution < 1.29 is 19.8 Å². The van der Waals surface area contributed by atoms with Crippen LogP contribution in [0.15, 0.2) is 24.3 Å². The van der Waals surface area contributed by atoms with Gasteiger partial charge in [0.2, 0.25) is 0 Å². The second kappa shape index (κ2) is 6.35. The topological polar surface area (TPSA) is 77.8 Å². The van der Waals surface area contributed by atoms with Crippen LogP contribution in [0.3, 0.4) is 0 Å². The van der Waals surface area contributed by atoms with E-state index in [1.54, 1.807) is 18.2 Å². The zero-order valence-electron chi connectivity index (χ0n) is 10.8. The predicted octanol–water partition coefficient (Wildman–Crippen LogP) is 0.924. The van der Waals surface area contributed by atoms with Crippen molar-refractivity contribution in [3.8, 4) is 0 Å². The van der Waals surface area contributed by atoms with Gasteiger partial charge in [0.1, 0.15) is 6.10 Å². The highest BCUT2D eigenvalue weighted by molar-refractivity contribution is 6.30. The monoisotopic (exact) mass is 297 g/mol. The van der Waals surface area contributed by atoms with Crippen LogP contribution in [-0.4, -0.2) is 46.1 Å². The van der Waals surface area contributed by atoms with Gasteiger partial charge in [0.05, 0.1) is 6.04 Å². The maximum Gasteiger partial charge on any atom is 0.255 e. The minimum absolute atomic E-state index is 0.160. The molecule has 0 aromatic heterocycles. The lowest BCUT2D eigenvalue weighted by Gasteiger charge is -2.28. The number of rotatable bonds is 4. The molecule has 1 fully saturated rings. The van der Waals surface area contributed by atoms with Crippen LogP contribution in [0.1, 0.15) is 24.4 Å². The third-order valence-electron chi connectivity index (χ3n) is 3.49. The molecule has 1 saturated heterocycles. The van der Waals surface area contributed by atoms with Crippen LogP contribution in [0.4, 0.5) is 0 Å². The summed E-state index contributed by atoms with van der Waals surface area (Å²) in [5, 5.41) is 19.5. The molecule has 1 amide bonds. The van der Waals surface area contributed by atoms with E-state index in [0.29, 0.717) is 11.6 Å². The summed E-state index contributed by atoms with van der Waals surface area (Å²) < 4.78 is 0. The molecule has 1 aromatic carbocycles. The summed E-state index contributed by atoms with van der Waals surface area (Å²) in [7, 11) is 0. The van der Waals surface area contributed by atoms with Gasteiger partial charge < -0.3 is 19.9 Å². The third-order valence-corrected chi connectivity index (χ3v) is 3.72. The van der Waals surface area contributed by atoms with E-state index in [-0.39, 0.29) is 12.3 Å². The van der Waals surface area contributed by atoms with Gasteiger partial charge in [-0.2, -0.15) is 0 Å². The van der Waals surface area contributed by atoms with Crippen molar-refractivity contribution >= 4 is 23.8 Å². The molecule has 1 aliphatic rings. The van der Waals surface area contributed by atoms with E-state index in [2.05, 4.69) is 0 Å². The summed E-state index contributed by atoms with van der Waals surface area (Å²) in [6.45, 7) is 0.485. The summed E-state index contributed by atoms with van der Waals surface area (Å²) in [5.41, 5.74) is 0.885. The predicted molar refractivity (Wildman–Crippen MR) is 73.2 cm³/mol. The highest BCUT2D eigenvalue weighted by Gasteiger charge is 2.35. The number of carbonyl (C=O) groups is 2. The molecule has 1 heterocycles. The van der Waals surface area contributed by atoms with E-state index in [4.69, 9.17) is 11.6 Å². The fraction of sp³-hybridized carbons (Fsp3) is 0.429. The van der Waals surface area contributed by atoms with Crippen LogP contribution >= 0.6 is 11.6 Å². The first-order chi connectivity index (χ1) is 9.54. The Morgan fingerprint density at radius 1 is 1.45 bits per heavy atom. The number of hydrogen-bond acceptors (Lipinski definition) is 4. The standard InChI is InChI=1S/C14H16ClNO4/c15-10-4-1-3-9(7-10)11-5-2-6-16(11)14(20)13(19)12(18)8-17/h1,3-4,7-8,11-13,18-19H,2,5-6H2. The molecule has 108 valence electrons. The summed E-state index contributed by atoms with van der Waals surface area (Å²) in [4.78, 5) is 24.1. The van der Waals surface area contributed by atoms with Crippen LogP contribution in [0, 0.1) is 0 Å². The van der Waals surface area contributed by atoms with Crippen molar-refractivity contribution in [1.82, 2.24) is 4.90 Å². The van der Waals surface area contributed by atoms with Crippen molar-refractivity contribution in [3.63, 3.8) is 0 Å². The number of hydrogen-bond donors (Lipinski definition) is 2. The lowest BCUT2D eigenvalue weighted by Crippen LogP contribution is -2.45. The molecule has 3 unspecified atom stereocenters. The lowest BCUT2D eigenvalue weighted by molar-refractivity contribution is -0.149. The highest BCUT2D eigenvalue weighted by atomic mass is 35.5. The van der Waals surface area contributed by atoms with Crippen molar-refractivity contribution in [2.24, 2.45) is 0 Å². The van der Waals surface area contributed by atoms with Crippen molar-refractivity contribution in [3.05, 3.63) is 34.9 Å². The summed E-state index contributed by atoms with van der Waals surface area (Å²) in [5.74, 6) is -0.632. The lowest BCUT2D eigenvalue weighted by atomic mass is 10.0. The number of aliphatic hydroxyl groups excluding tert-OH is 2. The first-order valence-corrected chi connectivity index (χ1v) is 6.79. The fourth-order valence-electron chi connectivity index (χ4n) is 2.48. The Morgan fingerprint density at radius 2 is 2.20 bits per heavy atom. The average molecular weight is 298 g/mol. The van der Waals surface area contributed by atoms with Crippen molar-refractivity contribution in [1.29, 1.82) is 0 Å². The number of aliphatic hydroxyl groups is 2. The maximum atomic E-state index is 12.1. The number of aldehydes is 1. The second-order valence-electron chi connectivity index (χ2n) is 4.82. The van der Waals surface area contributed by atoms with Gasteiger partial charge in [0.15, 0.2) is 12.4 Å². The van der Waals surface area contributed by atoms with Gasteiger partial charge in [-0.3, -0.25) is 4.79 Å². The average Bonchev–Trinajstić information content (AvgIpc) is 2.94. The molecule has 2 rings (SSSR count). The maximum absolute atomic E-state index is 12.1. The molecule has 0 radical (unpaired) electrons. The molecule has 2 N–H and O–H groups in total. The van der Waals surface area contributed by atoms with Gasteiger partial charge in [0, 0.05) is 11.6 Å². The van der Waals surface area contributed by atoms with Crippen molar-refractivity contribution in [2.45, 2.75) is 31.1 Å². The molecule has 1 aromatic rings. The van der Waals surface area contributed by atoms with Gasteiger partial charge in [-0.15, -0.1) is 0 Å². The Balaban J connectivity index is 2.19. The molecule has 1 aliphatic heterocycles. The smallest absolute Gasteiger partial charge is 0.255 e. The quantitative estimate of drug-likeness (QED) is 0.810. The molecule has 0 spiro atoms. The van der Waals surface area contributed by atoms with Gasteiger partial charge in [0.25, 0.3) is 5.91 Å². The SMILES string of the molecule is O=CC(O)C(O)C(=O)N1CCCC1c1cccc(Cl)c1. The molecule has 0 saturated carbocycles. The zero-order chi connectivity index (χ0) is 14.7. The minimum atomic E-state index is -1.72. The van der Waals surface area contributed by atoms with Crippen molar-refractivity contribution in [2.75, 3.05) is 6.54 Å². The first-order valence-electron chi connectivity index (χ1n) is 6.42. The summed E-state index contributed by atoms with van der Waals surface area (Å²) >= 11 is 5.95. The molecule has 0 aliphatic carbocycles. The molecule has 20 heavy (non-hydrogen) atoms. The number of halogens is 1. The number of carbonyl (C=O) groups excluding carboxylic acids is 2. The minimum Gasteiger partial charge on any atom is -0.382 e. The van der Waals surface area contributed by atoms with Gasteiger partial charge in [-0.1, -0.05) is 23.7 Å². The number of nitrogens with zero attached hydrogens (tertiary/aromatic N) is 1. The van der Waals surface area contributed by atoms with Crippen LogP contribution < -0.4 is 0 Å². The summed E-state index contributed by atoms with van der Waals surface area (Å²) in [6.07, 6.45) is -1.69. The molecule has 6 heteroatoms. The van der Waals surface area contributed by atoms with Crippen LogP contribution in [-0.2, 0) is 9.59 Å². The number of benzene rings is 1. The molecule has 5 nitrogen and oxygen atoms in total. The van der Waals surface area contributed by atoms with E-state index in [1.807, 2.05) is 6.07 Å². The number of likely N-dealkylation sites (tertiary alicyclic amines) is 1. The number of amides is 1. The highest BCUT2D eigenvalue weighted by Crippen LogP contribution is 2.33. The largest absolute Gasteiger partial charge is 0.382 e. The second-order valence-corrected chi connectivity index (χ2v) is 5.25.